The van der Waals surface area contributed by atoms with E-state index in [2.05, 4.69) is 11.6 Å². The summed E-state index contributed by atoms with van der Waals surface area (Å²) in [6, 6.07) is -0.273. The number of aliphatic imine (C=N–C) groups is 1. The highest BCUT2D eigenvalue weighted by molar-refractivity contribution is 6.00. The molecule has 0 radical (unpaired) electrons. The Morgan fingerprint density at radius 1 is 1.11 bits per heavy atom. The lowest BCUT2D eigenvalue weighted by Gasteiger charge is -2.47. The molecule has 0 aromatic carbocycles. The lowest BCUT2D eigenvalue weighted by molar-refractivity contribution is -0.296. The molecule has 0 unspecified atom stereocenters. The number of rotatable bonds is 4. The van der Waals surface area contributed by atoms with Crippen LogP contribution in [0.25, 0.3) is 0 Å². The highest BCUT2D eigenvalue weighted by Crippen LogP contribution is 2.40. The number of esters is 1. The number of carbonyl (C=O) groups is 3. The quantitative estimate of drug-likeness (QED) is 0.259. The number of Topliss-reactive ketones (excluding diaryl/α,β-unsaturated/α-hetero) is 1. The smallest absolute Gasteiger partial charge is 0.316 e. The third-order valence-corrected chi connectivity index (χ3v) is 10.2. The van der Waals surface area contributed by atoms with E-state index >= 15 is 0 Å². The monoisotopic (exact) mass is 666 g/mol. The highest BCUT2D eigenvalue weighted by Gasteiger charge is 2.52. The molecule has 47 heavy (non-hydrogen) atoms. The van der Waals surface area contributed by atoms with Crippen molar-refractivity contribution in [1.29, 1.82) is 0 Å². The Bertz CT molecular complexity index is 1190. The van der Waals surface area contributed by atoms with E-state index in [1.165, 1.54) is 20.8 Å². The van der Waals surface area contributed by atoms with Crippen molar-refractivity contribution in [3.8, 4) is 0 Å². The number of amides is 1. The molecule has 12 heteroatoms. The van der Waals surface area contributed by atoms with Gasteiger partial charge in [0.25, 0.3) is 0 Å². The van der Waals surface area contributed by atoms with Crippen molar-refractivity contribution in [2.75, 3.05) is 27.3 Å². The molecular weight excluding hydrogens is 608 g/mol. The van der Waals surface area contributed by atoms with E-state index in [-0.39, 0.29) is 38.2 Å². The predicted octanol–water partition coefficient (Wildman–Crippen LogP) is 3.11. The van der Waals surface area contributed by atoms with Gasteiger partial charge < -0.3 is 38.8 Å². The summed E-state index contributed by atoms with van der Waals surface area (Å²) in [5, 5.41) is 23.5. The van der Waals surface area contributed by atoms with E-state index < -0.39 is 83.2 Å². The van der Waals surface area contributed by atoms with Gasteiger partial charge in [0.2, 0.25) is 5.91 Å². The molecule has 2 N–H and O–H groups in total. The molecule has 0 spiro atoms. The Labute approximate surface area is 280 Å². The number of ketones is 1. The van der Waals surface area contributed by atoms with Crippen LogP contribution in [0, 0.1) is 23.7 Å². The fourth-order valence-electron chi connectivity index (χ4n) is 7.59. The number of hydrogen-bond acceptors (Lipinski definition) is 11. The molecule has 1 amide bonds. The zero-order chi connectivity index (χ0) is 35.6. The third kappa shape index (κ3) is 8.76. The van der Waals surface area contributed by atoms with Crippen LogP contribution >= 0.6 is 0 Å². The lowest BCUT2D eigenvalue weighted by Crippen LogP contribution is -2.60. The van der Waals surface area contributed by atoms with Gasteiger partial charge in [0.05, 0.1) is 37.1 Å². The molecule has 0 aromatic rings. The van der Waals surface area contributed by atoms with E-state index in [4.69, 9.17) is 23.7 Å². The average Bonchev–Trinajstić information content (AvgIpc) is 3.00. The zero-order valence-corrected chi connectivity index (χ0v) is 30.1. The van der Waals surface area contributed by atoms with Crippen LogP contribution in [-0.4, -0.2) is 120 Å². The van der Waals surface area contributed by atoms with Gasteiger partial charge in [0.15, 0.2) is 12.1 Å². The van der Waals surface area contributed by atoms with E-state index in [0.717, 1.165) is 0 Å². The summed E-state index contributed by atoms with van der Waals surface area (Å²) in [6.45, 7) is 19.5. The number of cyclic esters (lactones) is 1. The molecule has 13 atom stereocenters. The highest BCUT2D eigenvalue weighted by atomic mass is 16.7. The van der Waals surface area contributed by atoms with E-state index in [9.17, 15) is 24.6 Å². The first-order valence-electron chi connectivity index (χ1n) is 16.9. The molecule has 268 valence electrons. The first-order chi connectivity index (χ1) is 21.7. The Kier molecular flexibility index (Phi) is 13.1. The number of carbonyl (C=O) groups excluding carboxylic acids is 3. The summed E-state index contributed by atoms with van der Waals surface area (Å²) in [5.74, 6) is -4.88. The van der Waals surface area contributed by atoms with Gasteiger partial charge in [-0.1, -0.05) is 34.3 Å². The second kappa shape index (κ2) is 15.7. The standard InChI is InChI=1S/C35H58N2O10/c1-13-26-35(10,42)31-21(5)27(36-24(8)38)19(3)15-34(9,44-17-18(2)16-43-31)30(22(6)28(39)23(7)32(41)46-26)47-33-29(40)25(37(11)12)14-20(4)45-33/h19-23,25-26,29-31,33,40,42H,2,13-17H2,1,3-12H3/t19-,20-,21+,22+,23-,25+,26-,29-,30-,31+,33+,34-,35-/m1/s1. The second-order valence-electron chi connectivity index (χ2n) is 14.6. The van der Waals surface area contributed by atoms with Crippen LogP contribution < -0.4 is 0 Å². The summed E-state index contributed by atoms with van der Waals surface area (Å²) in [7, 11) is 3.75. The van der Waals surface area contributed by atoms with Gasteiger partial charge in [0.1, 0.15) is 23.7 Å². The maximum Gasteiger partial charge on any atom is 0.316 e. The Morgan fingerprint density at radius 3 is 2.32 bits per heavy atom. The van der Waals surface area contributed by atoms with Crippen LogP contribution in [0.3, 0.4) is 0 Å². The molecule has 3 aliphatic rings. The topological polar surface area (TPSA) is 153 Å². The Morgan fingerprint density at radius 2 is 1.74 bits per heavy atom. The van der Waals surface area contributed by atoms with Crippen molar-refractivity contribution in [3.63, 3.8) is 0 Å². The number of likely N-dealkylation sites (N-methyl/N-ethyl adjacent to an activating group) is 1. The van der Waals surface area contributed by atoms with E-state index in [1.807, 2.05) is 46.7 Å². The summed E-state index contributed by atoms with van der Waals surface area (Å²) in [4.78, 5) is 46.7. The molecule has 3 aliphatic heterocycles. The molecule has 0 saturated carbocycles. The largest absolute Gasteiger partial charge is 0.459 e. The van der Waals surface area contributed by atoms with Gasteiger partial charge in [0, 0.05) is 30.5 Å². The number of aliphatic hydroxyl groups excluding tert-OH is 1. The summed E-state index contributed by atoms with van der Waals surface area (Å²) < 4.78 is 31.7. The molecule has 3 rings (SSSR count). The molecule has 0 aromatic heterocycles. The van der Waals surface area contributed by atoms with Gasteiger partial charge in [-0.2, -0.15) is 0 Å². The molecule has 12 nitrogen and oxygen atoms in total. The predicted molar refractivity (Wildman–Crippen MR) is 176 cm³/mol. The molecule has 3 heterocycles. The second-order valence-corrected chi connectivity index (χ2v) is 14.6. The SMILES string of the molecule is C=C1CO[C@H]2[C@@H](C)C(=NC(C)=O)[C@H](C)C[C@@](C)(OC1)[C@H](O[C@@H]1O[C@H](C)C[C@H](N(C)C)[C@H]1O)[C@@H](C)C(=O)[C@@H](C)C(=O)O[C@H](CC)[C@@]2(C)O. The normalized spacial score (nSPS) is 44.0. The number of aliphatic hydroxyl groups is 2. The van der Waals surface area contributed by atoms with Gasteiger partial charge in [-0.15, -0.1) is 0 Å². The van der Waals surface area contributed by atoms with Gasteiger partial charge >= 0.3 is 5.97 Å². The molecular formula is C35H58N2O10. The molecule has 3 fully saturated rings. The van der Waals surface area contributed by atoms with E-state index in [0.29, 0.717) is 17.7 Å². The van der Waals surface area contributed by atoms with Gasteiger partial charge in [-0.25, -0.2) is 4.99 Å². The van der Waals surface area contributed by atoms with Crippen molar-refractivity contribution >= 4 is 23.4 Å². The maximum atomic E-state index is 14.2. The lowest BCUT2D eigenvalue weighted by atomic mass is 9.73. The van der Waals surface area contributed by atoms with Crippen molar-refractivity contribution in [2.24, 2.45) is 28.7 Å². The molecule has 0 aliphatic carbocycles. The average molecular weight is 667 g/mol. The van der Waals surface area contributed by atoms with Crippen molar-refractivity contribution < 1.29 is 48.3 Å². The fraction of sp³-hybridized carbons (Fsp3) is 0.829. The molecule has 3 saturated heterocycles. The number of fused-ring (bicyclic) bond motifs is 5. The van der Waals surface area contributed by atoms with Crippen LogP contribution in [0.4, 0.5) is 0 Å². The Balaban J connectivity index is 2.29. The third-order valence-electron chi connectivity index (χ3n) is 10.2. The Hall–Kier alpha value is -2.06. The fourth-order valence-corrected chi connectivity index (χ4v) is 7.59. The van der Waals surface area contributed by atoms with Gasteiger partial charge in [-0.05, 0) is 72.5 Å². The minimum Gasteiger partial charge on any atom is -0.459 e. The minimum absolute atomic E-state index is 0.00373. The number of ether oxygens (including phenoxy) is 5. The summed E-state index contributed by atoms with van der Waals surface area (Å²) >= 11 is 0. The van der Waals surface area contributed by atoms with Crippen molar-refractivity contribution in [2.45, 2.75) is 136 Å². The van der Waals surface area contributed by atoms with Crippen LogP contribution in [0.1, 0.15) is 81.6 Å². The van der Waals surface area contributed by atoms with E-state index in [1.54, 1.807) is 13.8 Å². The number of nitrogens with zero attached hydrogens (tertiary/aromatic N) is 2. The van der Waals surface area contributed by atoms with Crippen LogP contribution in [0.2, 0.25) is 0 Å². The minimum atomic E-state index is -1.74. The number of hydrogen-bond donors (Lipinski definition) is 2. The first kappa shape index (κ1) is 39.4. The van der Waals surface area contributed by atoms with Crippen molar-refractivity contribution in [1.82, 2.24) is 4.90 Å². The van der Waals surface area contributed by atoms with Gasteiger partial charge in [-0.3, -0.25) is 14.4 Å². The van der Waals surface area contributed by atoms with Crippen LogP contribution in [0.5, 0.6) is 0 Å². The summed E-state index contributed by atoms with van der Waals surface area (Å²) in [5.41, 5.74) is -1.97. The van der Waals surface area contributed by atoms with Crippen LogP contribution in [-0.2, 0) is 38.1 Å². The molecule has 2 bridgehead atoms. The first-order valence-corrected chi connectivity index (χ1v) is 16.9. The van der Waals surface area contributed by atoms with Crippen molar-refractivity contribution in [3.05, 3.63) is 12.2 Å². The maximum absolute atomic E-state index is 14.2. The zero-order valence-electron chi connectivity index (χ0n) is 30.1. The summed E-state index contributed by atoms with van der Waals surface area (Å²) in [6.07, 6.45) is -4.44. The van der Waals surface area contributed by atoms with Crippen LogP contribution in [0.15, 0.2) is 17.1 Å².